The lowest BCUT2D eigenvalue weighted by molar-refractivity contribution is -0.180. The second kappa shape index (κ2) is 8.74. The summed E-state index contributed by atoms with van der Waals surface area (Å²) >= 11 is 1.40. The van der Waals surface area contributed by atoms with Gasteiger partial charge in [0.1, 0.15) is 23.5 Å². The summed E-state index contributed by atoms with van der Waals surface area (Å²) in [4.78, 5) is 51.4. The zero-order valence-electron chi connectivity index (χ0n) is 18.8. The number of thioether (sulfide) groups is 1. The Labute approximate surface area is 191 Å². The first kappa shape index (κ1) is 24.1. The summed E-state index contributed by atoms with van der Waals surface area (Å²) in [5.41, 5.74) is 5.94. The van der Waals surface area contributed by atoms with E-state index in [0.717, 1.165) is 0 Å². The van der Waals surface area contributed by atoms with Crippen molar-refractivity contribution in [3.05, 3.63) is 35.9 Å². The summed E-state index contributed by atoms with van der Waals surface area (Å²) in [6.07, 6.45) is 0. The standard InChI is InChI=1S/C22H29N3O6S/c1-21(2,3)20(29)31-11-30-19(28)15-22(4,5)32-18-14(17(27)25(15)18)24-16(26)13(23)12-9-7-6-8-10-12/h6-10,13-15,18H,11,23H2,1-5H3,(H,24,26)/t13-,14+,15+,18+/m1/s1. The van der Waals surface area contributed by atoms with Crippen molar-refractivity contribution in [2.24, 2.45) is 11.1 Å². The Morgan fingerprint density at radius 1 is 1.19 bits per heavy atom. The van der Waals surface area contributed by atoms with E-state index in [0.29, 0.717) is 5.56 Å². The number of carbonyl (C=O) groups excluding carboxylic acids is 4. The number of carbonyl (C=O) groups is 4. The minimum atomic E-state index is -0.907. The first-order valence-electron chi connectivity index (χ1n) is 10.3. The first-order valence-corrected chi connectivity index (χ1v) is 11.2. The summed E-state index contributed by atoms with van der Waals surface area (Å²) in [5.74, 6) is -2.00. The number of β-lactam (4-membered cyclic amide) rings is 1. The van der Waals surface area contributed by atoms with Crippen LogP contribution >= 0.6 is 11.8 Å². The highest BCUT2D eigenvalue weighted by Gasteiger charge is 2.64. The van der Waals surface area contributed by atoms with Gasteiger partial charge in [-0.3, -0.25) is 14.4 Å². The molecule has 32 heavy (non-hydrogen) atoms. The average molecular weight is 464 g/mol. The fourth-order valence-corrected chi connectivity index (χ4v) is 5.24. The van der Waals surface area contributed by atoms with Gasteiger partial charge in [0.15, 0.2) is 0 Å². The van der Waals surface area contributed by atoms with Gasteiger partial charge in [-0.1, -0.05) is 30.3 Å². The molecule has 2 aliphatic heterocycles. The third-order valence-corrected chi connectivity index (χ3v) is 6.98. The van der Waals surface area contributed by atoms with Crippen molar-refractivity contribution in [1.82, 2.24) is 10.2 Å². The number of amides is 2. The second-order valence-electron chi connectivity index (χ2n) is 9.40. The van der Waals surface area contributed by atoms with Gasteiger partial charge in [0.05, 0.1) is 5.41 Å². The molecule has 0 spiro atoms. The molecule has 3 rings (SSSR count). The van der Waals surface area contributed by atoms with E-state index in [1.165, 1.54) is 16.7 Å². The minimum Gasteiger partial charge on any atom is -0.427 e. The Morgan fingerprint density at radius 3 is 2.41 bits per heavy atom. The number of esters is 2. The topological polar surface area (TPSA) is 128 Å². The molecule has 10 heteroatoms. The number of benzene rings is 1. The van der Waals surface area contributed by atoms with Crippen molar-refractivity contribution in [3.8, 4) is 0 Å². The van der Waals surface area contributed by atoms with Crippen LogP contribution in [0.2, 0.25) is 0 Å². The smallest absolute Gasteiger partial charge is 0.333 e. The lowest BCUT2D eigenvalue weighted by Crippen LogP contribution is -2.71. The van der Waals surface area contributed by atoms with Crippen LogP contribution in [0.4, 0.5) is 0 Å². The van der Waals surface area contributed by atoms with Gasteiger partial charge in [-0.25, -0.2) is 4.79 Å². The number of hydrogen-bond donors (Lipinski definition) is 2. The van der Waals surface area contributed by atoms with Crippen LogP contribution in [0.25, 0.3) is 0 Å². The molecule has 0 aliphatic carbocycles. The molecule has 2 aliphatic rings. The number of rotatable bonds is 6. The highest BCUT2D eigenvalue weighted by molar-refractivity contribution is 8.01. The molecule has 1 aromatic rings. The molecule has 2 saturated heterocycles. The van der Waals surface area contributed by atoms with Crippen molar-refractivity contribution < 1.29 is 28.7 Å². The Kier molecular flexibility index (Phi) is 6.57. The number of ether oxygens (including phenoxy) is 2. The Hall–Kier alpha value is -2.59. The van der Waals surface area contributed by atoms with E-state index < -0.39 is 58.3 Å². The zero-order valence-corrected chi connectivity index (χ0v) is 19.6. The van der Waals surface area contributed by atoms with E-state index in [2.05, 4.69) is 5.32 Å². The maximum absolute atomic E-state index is 12.8. The van der Waals surface area contributed by atoms with Gasteiger partial charge in [-0.15, -0.1) is 11.8 Å². The van der Waals surface area contributed by atoms with E-state index in [9.17, 15) is 19.2 Å². The van der Waals surface area contributed by atoms with Crippen LogP contribution in [0.3, 0.4) is 0 Å². The first-order chi connectivity index (χ1) is 14.8. The average Bonchev–Trinajstić information content (AvgIpc) is 2.98. The van der Waals surface area contributed by atoms with E-state index in [1.54, 1.807) is 45.0 Å². The van der Waals surface area contributed by atoms with Crippen LogP contribution in [-0.2, 0) is 28.7 Å². The molecule has 0 saturated carbocycles. The van der Waals surface area contributed by atoms with Gasteiger partial charge < -0.3 is 25.4 Å². The Morgan fingerprint density at radius 2 is 1.81 bits per heavy atom. The quantitative estimate of drug-likeness (QED) is 0.367. The van der Waals surface area contributed by atoms with Crippen LogP contribution in [0.15, 0.2) is 30.3 Å². The summed E-state index contributed by atoms with van der Waals surface area (Å²) in [7, 11) is 0. The van der Waals surface area contributed by atoms with Crippen molar-refractivity contribution in [3.63, 3.8) is 0 Å². The largest absolute Gasteiger partial charge is 0.427 e. The minimum absolute atomic E-state index is 0.379. The van der Waals surface area contributed by atoms with Crippen molar-refractivity contribution >= 4 is 35.5 Å². The normalized spacial score (nSPS) is 24.8. The van der Waals surface area contributed by atoms with Gasteiger partial charge in [0.25, 0.3) is 0 Å². The van der Waals surface area contributed by atoms with Crippen molar-refractivity contribution in [2.45, 2.75) is 62.9 Å². The molecule has 0 radical (unpaired) electrons. The highest BCUT2D eigenvalue weighted by atomic mass is 32.2. The highest BCUT2D eigenvalue weighted by Crippen LogP contribution is 2.51. The van der Waals surface area contributed by atoms with Crippen LogP contribution in [0, 0.1) is 5.41 Å². The molecule has 1 aromatic carbocycles. The predicted molar refractivity (Wildman–Crippen MR) is 118 cm³/mol. The van der Waals surface area contributed by atoms with E-state index in [4.69, 9.17) is 15.2 Å². The molecule has 3 N–H and O–H groups in total. The van der Waals surface area contributed by atoms with Crippen molar-refractivity contribution in [1.29, 1.82) is 0 Å². The molecule has 2 amide bonds. The fraction of sp³-hybridized carbons (Fsp3) is 0.545. The SMILES string of the molecule is CC(C)(C)C(=O)OCOC(=O)[C@@H]1N2C(=O)[C@H](NC(=O)[C@H](N)c3ccccc3)[C@@H]2SC1(C)C. The summed E-state index contributed by atoms with van der Waals surface area (Å²) in [5, 5.41) is 2.29. The molecule has 0 aromatic heterocycles. The number of nitrogens with two attached hydrogens (primary N) is 1. The number of nitrogens with one attached hydrogen (secondary N) is 1. The van der Waals surface area contributed by atoms with E-state index >= 15 is 0 Å². The maximum atomic E-state index is 12.8. The van der Waals surface area contributed by atoms with Crippen LogP contribution in [0.5, 0.6) is 0 Å². The summed E-state index contributed by atoms with van der Waals surface area (Å²) in [6, 6.07) is 6.31. The third-order valence-electron chi connectivity index (χ3n) is 5.41. The lowest BCUT2D eigenvalue weighted by Gasteiger charge is -2.44. The van der Waals surface area contributed by atoms with Gasteiger partial charge >= 0.3 is 11.9 Å². The van der Waals surface area contributed by atoms with Gasteiger partial charge in [0.2, 0.25) is 18.6 Å². The second-order valence-corrected chi connectivity index (χ2v) is 11.2. The van der Waals surface area contributed by atoms with E-state index in [-0.39, 0.29) is 5.91 Å². The number of fused-ring (bicyclic) bond motifs is 1. The Balaban J connectivity index is 1.61. The molecular formula is C22H29N3O6S. The molecule has 2 heterocycles. The fourth-order valence-electron chi connectivity index (χ4n) is 3.62. The summed E-state index contributed by atoms with van der Waals surface area (Å²) < 4.78 is 9.47. The lowest BCUT2D eigenvalue weighted by atomic mass is 9.95. The molecule has 0 unspecified atom stereocenters. The number of hydrogen-bond acceptors (Lipinski definition) is 8. The monoisotopic (exact) mass is 463 g/mol. The van der Waals surface area contributed by atoms with Gasteiger partial charge in [-0.2, -0.15) is 0 Å². The maximum Gasteiger partial charge on any atom is 0.333 e. The molecular weight excluding hydrogens is 434 g/mol. The molecule has 0 bridgehead atoms. The van der Waals surface area contributed by atoms with Crippen molar-refractivity contribution in [2.75, 3.05) is 6.79 Å². The predicted octanol–water partition coefficient (Wildman–Crippen LogP) is 1.32. The zero-order chi connectivity index (χ0) is 23.8. The number of nitrogens with zero attached hydrogens (tertiary/aromatic N) is 1. The molecule has 174 valence electrons. The van der Waals surface area contributed by atoms with Crippen LogP contribution in [0.1, 0.15) is 46.2 Å². The molecule has 4 atom stereocenters. The van der Waals surface area contributed by atoms with E-state index in [1.807, 2.05) is 19.9 Å². The molecule has 2 fully saturated rings. The summed E-state index contributed by atoms with van der Waals surface area (Å²) in [6.45, 7) is 8.20. The van der Waals surface area contributed by atoms with Crippen LogP contribution in [-0.4, -0.2) is 57.7 Å². The van der Waals surface area contributed by atoms with Crippen LogP contribution < -0.4 is 11.1 Å². The van der Waals surface area contributed by atoms with Gasteiger partial charge in [0, 0.05) is 4.75 Å². The molecule has 9 nitrogen and oxygen atoms in total. The Bertz CT molecular complexity index is 914. The van der Waals surface area contributed by atoms with Gasteiger partial charge in [-0.05, 0) is 40.2 Å². The third kappa shape index (κ3) is 4.61.